The van der Waals surface area contributed by atoms with Crippen LogP contribution in [0.25, 0.3) is 0 Å². The van der Waals surface area contributed by atoms with E-state index >= 15 is 0 Å². The van der Waals surface area contributed by atoms with Crippen LogP contribution < -0.4 is 0 Å². The molecule has 1 N–H and O–H groups in total. The van der Waals surface area contributed by atoms with Gasteiger partial charge in [0.25, 0.3) is 0 Å². The largest absolute Gasteiger partial charge is 0.466 e. The summed E-state index contributed by atoms with van der Waals surface area (Å²) in [5.41, 5.74) is 0. The van der Waals surface area contributed by atoms with E-state index in [1.807, 2.05) is 0 Å². The Bertz CT molecular complexity index is 197. The molecule has 0 aliphatic rings. The van der Waals surface area contributed by atoms with Gasteiger partial charge in [-0.15, -0.1) is 6.58 Å². The van der Waals surface area contributed by atoms with Crippen LogP contribution in [-0.4, -0.2) is 24.3 Å². The smallest absolute Gasteiger partial charge is 0.330 e. The van der Waals surface area contributed by atoms with Crippen molar-refractivity contribution in [3.05, 3.63) is 24.8 Å². The van der Waals surface area contributed by atoms with Gasteiger partial charge in [-0.1, -0.05) is 12.2 Å². The molecule has 0 saturated carbocycles. The van der Waals surface area contributed by atoms with E-state index in [9.17, 15) is 9.90 Å². The van der Waals surface area contributed by atoms with Crippen molar-refractivity contribution in [2.24, 2.45) is 0 Å². The molecule has 3 nitrogen and oxygen atoms in total. The normalized spacial score (nSPS) is 12.7. The molecule has 0 amide bonds. The highest BCUT2D eigenvalue weighted by molar-refractivity contribution is 5.81. The Morgan fingerprint density at radius 1 is 1.64 bits per heavy atom. The SMILES string of the molecule is C=CC[C@@H](O)CCC/C=C/C(=O)OC. The van der Waals surface area contributed by atoms with E-state index in [-0.39, 0.29) is 12.1 Å². The number of esters is 1. The lowest BCUT2D eigenvalue weighted by Crippen LogP contribution is -2.03. The summed E-state index contributed by atoms with van der Waals surface area (Å²) in [5.74, 6) is -0.336. The molecule has 0 radical (unpaired) electrons. The number of hydrogen-bond donors (Lipinski definition) is 1. The lowest BCUT2D eigenvalue weighted by Gasteiger charge is -2.05. The van der Waals surface area contributed by atoms with E-state index in [1.54, 1.807) is 12.2 Å². The predicted octanol–water partition coefficient (Wildman–Crippen LogP) is 1.82. The topological polar surface area (TPSA) is 46.5 Å². The molecule has 0 aliphatic heterocycles. The summed E-state index contributed by atoms with van der Waals surface area (Å²) in [5, 5.41) is 9.32. The summed E-state index contributed by atoms with van der Waals surface area (Å²) in [6, 6.07) is 0. The maximum Gasteiger partial charge on any atom is 0.330 e. The number of carbonyl (C=O) groups is 1. The second-order valence-corrected chi connectivity index (χ2v) is 3.03. The Morgan fingerprint density at radius 3 is 2.93 bits per heavy atom. The van der Waals surface area contributed by atoms with Crippen LogP contribution >= 0.6 is 0 Å². The average Bonchev–Trinajstić information content (AvgIpc) is 2.17. The number of aliphatic hydroxyl groups is 1. The molecule has 0 fully saturated rings. The maximum absolute atomic E-state index is 10.6. The van der Waals surface area contributed by atoms with Crippen molar-refractivity contribution in [3.63, 3.8) is 0 Å². The van der Waals surface area contributed by atoms with Gasteiger partial charge in [-0.25, -0.2) is 4.79 Å². The fourth-order valence-corrected chi connectivity index (χ4v) is 1.03. The molecule has 0 rings (SSSR count). The minimum atomic E-state index is -0.336. The Balaban J connectivity index is 3.41. The summed E-state index contributed by atoms with van der Waals surface area (Å²) >= 11 is 0. The third-order valence-electron chi connectivity index (χ3n) is 1.80. The first-order chi connectivity index (χ1) is 6.70. The second-order valence-electron chi connectivity index (χ2n) is 3.03. The Morgan fingerprint density at radius 2 is 2.36 bits per heavy atom. The van der Waals surface area contributed by atoms with Crippen molar-refractivity contribution in [1.82, 2.24) is 0 Å². The fraction of sp³-hybridized carbons (Fsp3) is 0.545. The number of ether oxygens (including phenoxy) is 1. The van der Waals surface area contributed by atoms with Crippen LogP contribution in [0.5, 0.6) is 0 Å². The zero-order chi connectivity index (χ0) is 10.8. The number of hydrogen-bond acceptors (Lipinski definition) is 3. The number of unbranched alkanes of at least 4 members (excludes halogenated alkanes) is 1. The standard InChI is InChI=1S/C11H18O3/c1-3-7-10(12)8-5-4-6-9-11(13)14-2/h3,6,9-10,12H,1,4-5,7-8H2,2H3/b9-6+/t10-/m1/s1. The molecule has 80 valence electrons. The van der Waals surface area contributed by atoms with Gasteiger partial charge in [-0.05, 0) is 25.7 Å². The van der Waals surface area contributed by atoms with E-state index in [0.29, 0.717) is 6.42 Å². The number of aliphatic hydroxyl groups excluding tert-OH is 1. The maximum atomic E-state index is 10.6. The van der Waals surface area contributed by atoms with Gasteiger partial charge in [-0.2, -0.15) is 0 Å². The molecule has 0 aromatic carbocycles. The fourth-order valence-electron chi connectivity index (χ4n) is 1.03. The summed E-state index contributed by atoms with van der Waals surface area (Å²) in [7, 11) is 1.35. The second kappa shape index (κ2) is 8.51. The van der Waals surface area contributed by atoms with E-state index in [4.69, 9.17) is 0 Å². The van der Waals surface area contributed by atoms with Crippen LogP contribution in [0, 0.1) is 0 Å². The highest BCUT2D eigenvalue weighted by atomic mass is 16.5. The molecule has 1 atom stereocenters. The molecule has 0 aromatic rings. The number of carbonyl (C=O) groups excluding carboxylic acids is 1. The van der Waals surface area contributed by atoms with Crippen molar-refractivity contribution in [3.8, 4) is 0 Å². The molecular formula is C11H18O3. The highest BCUT2D eigenvalue weighted by Gasteiger charge is 1.99. The van der Waals surface area contributed by atoms with Crippen molar-refractivity contribution >= 4 is 5.97 Å². The average molecular weight is 198 g/mol. The van der Waals surface area contributed by atoms with Crippen LogP contribution in [0.2, 0.25) is 0 Å². The van der Waals surface area contributed by atoms with E-state index in [0.717, 1.165) is 19.3 Å². The lowest BCUT2D eigenvalue weighted by atomic mass is 10.1. The Hall–Kier alpha value is -1.09. The van der Waals surface area contributed by atoms with Crippen molar-refractivity contribution in [2.75, 3.05) is 7.11 Å². The summed E-state index contributed by atoms with van der Waals surface area (Å²) in [4.78, 5) is 10.6. The number of rotatable bonds is 7. The summed E-state index contributed by atoms with van der Waals surface area (Å²) in [6.45, 7) is 3.54. The van der Waals surface area contributed by atoms with Gasteiger partial charge < -0.3 is 9.84 Å². The van der Waals surface area contributed by atoms with Crippen molar-refractivity contribution < 1.29 is 14.6 Å². The van der Waals surface area contributed by atoms with E-state index in [2.05, 4.69) is 11.3 Å². The minimum absolute atomic E-state index is 0.306. The quantitative estimate of drug-likeness (QED) is 0.294. The van der Waals surface area contributed by atoms with Crippen molar-refractivity contribution in [1.29, 1.82) is 0 Å². The van der Waals surface area contributed by atoms with Crippen LogP contribution in [0.4, 0.5) is 0 Å². The molecule has 14 heavy (non-hydrogen) atoms. The van der Waals surface area contributed by atoms with Gasteiger partial charge in [0.1, 0.15) is 0 Å². The van der Waals surface area contributed by atoms with Gasteiger partial charge in [0.05, 0.1) is 13.2 Å². The Labute approximate surface area is 85.1 Å². The lowest BCUT2D eigenvalue weighted by molar-refractivity contribution is -0.134. The molecule has 0 aromatic heterocycles. The van der Waals surface area contributed by atoms with Gasteiger partial charge in [0.15, 0.2) is 0 Å². The molecule has 0 saturated heterocycles. The van der Waals surface area contributed by atoms with Crippen LogP contribution in [0.15, 0.2) is 24.8 Å². The molecule has 0 bridgehead atoms. The Kier molecular flexibility index (Phi) is 7.84. The van der Waals surface area contributed by atoms with Crippen LogP contribution in [0.1, 0.15) is 25.7 Å². The zero-order valence-corrected chi connectivity index (χ0v) is 8.61. The molecule has 0 spiro atoms. The highest BCUT2D eigenvalue weighted by Crippen LogP contribution is 2.05. The van der Waals surface area contributed by atoms with Gasteiger partial charge in [0, 0.05) is 6.08 Å². The summed E-state index contributed by atoms with van der Waals surface area (Å²) < 4.78 is 4.43. The van der Waals surface area contributed by atoms with Gasteiger partial charge in [-0.3, -0.25) is 0 Å². The first-order valence-corrected chi connectivity index (χ1v) is 4.74. The van der Waals surface area contributed by atoms with E-state index < -0.39 is 0 Å². The first kappa shape index (κ1) is 12.9. The van der Waals surface area contributed by atoms with Gasteiger partial charge >= 0.3 is 5.97 Å². The van der Waals surface area contributed by atoms with Gasteiger partial charge in [0.2, 0.25) is 0 Å². The molecular weight excluding hydrogens is 180 g/mol. The zero-order valence-electron chi connectivity index (χ0n) is 8.61. The molecule has 3 heteroatoms. The molecule has 0 unspecified atom stereocenters. The predicted molar refractivity (Wildman–Crippen MR) is 55.8 cm³/mol. The van der Waals surface area contributed by atoms with Crippen LogP contribution in [-0.2, 0) is 9.53 Å². The molecule has 0 aliphatic carbocycles. The third kappa shape index (κ3) is 7.55. The number of allylic oxidation sites excluding steroid dienone is 1. The first-order valence-electron chi connectivity index (χ1n) is 4.74. The van der Waals surface area contributed by atoms with E-state index in [1.165, 1.54) is 13.2 Å². The van der Waals surface area contributed by atoms with Crippen LogP contribution in [0.3, 0.4) is 0 Å². The monoisotopic (exact) mass is 198 g/mol. The summed E-state index contributed by atoms with van der Waals surface area (Å²) in [6.07, 6.45) is 7.56. The molecule has 0 heterocycles. The minimum Gasteiger partial charge on any atom is -0.466 e. The number of methoxy groups -OCH3 is 1. The van der Waals surface area contributed by atoms with Crippen molar-refractivity contribution in [2.45, 2.75) is 31.8 Å². The third-order valence-corrected chi connectivity index (χ3v) is 1.80.